The maximum Gasteiger partial charge on any atom is 0.224 e. The van der Waals surface area contributed by atoms with Gasteiger partial charge in [-0.2, -0.15) is 4.98 Å². The number of benzene rings is 1. The van der Waals surface area contributed by atoms with E-state index >= 15 is 0 Å². The Kier molecular flexibility index (Phi) is 3.69. The van der Waals surface area contributed by atoms with Gasteiger partial charge < -0.3 is 10.5 Å². The average molecular weight is 257 g/mol. The third-order valence-corrected chi connectivity index (χ3v) is 2.67. The summed E-state index contributed by atoms with van der Waals surface area (Å²) in [6.07, 6.45) is 0. The third kappa shape index (κ3) is 3.44. The molecule has 19 heavy (non-hydrogen) atoms. The van der Waals surface area contributed by atoms with Gasteiger partial charge in [0, 0.05) is 12.0 Å². The predicted octanol–water partition coefficient (Wildman–Crippen LogP) is 3.59. The quantitative estimate of drug-likeness (QED) is 0.912. The molecule has 0 unspecified atom stereocenters. The molecule has 1 aromatic heterocycles. The lowest BCUT2D eigenvalue weighted by molar-refractivity contribution is 0.457. The predicted molar refractivity (Wildman–Crippen MR) is 76.5 cm³/mol. The molecule has 0 aliphatic rings. The van der Waals surface area contributed by atoms with E-state index in [1.165, 1.54) is 0 Å². The Morgan fingerprint density at radius 1 is 1.00 bits per heavy atom. The van der Waals surface area contributed by atoms with E-state index in [-0.39, 0.29) is 5.92 Å². The van der Waals surface area contributed by atoms with Crippen molar-refractivity contribution in [3.05, 3.63) is 41.2 Å². The Bertz CT molecular complexity index is 574. The second-order valence-electron chi connectivity index (χ2n) is 5.07. The van der Waals surface area contributed by atoms with Crippen molar-refractivity contribution < 1.29 is 4.74 Å². The first-order chi connectivity index (χ1) is 8.94. The molecule has 0 aliphatic carbocycles. The maximum absolute atomic E-state index is 5.78. The standard InChI is InChI=1S/C15H19N3O/c1-9(2)15-17-13(16)8-14(18-15)19-12-6-10(3)5-11(4)7-12/h5-9H,1-4H3,(H2,16,17,18). The minimum Gasteiger partial charge on any atom is -0.439 e. The number of aryl methyl sites for hydroxylation is 2. The van der Waals surface area contributed by atoms with Gasteiger partial charge >= 0.3 is 0 Å². The van der Waals surface area contributed by atoms with E-state index in [2.05, 4.69) is 16.0 Å². The van der Waals surface area contributed by atoms with E-state index in [4.69, 9.17) is 10.5 Å². The van der Waals surface area contributed by atoms with E-state index in [1.54, 1.807) is 6.07 Å². The van der Waals surface area contributed by atoms with Crippen molar-refractivity contribution in [1.29, 1.82) is 0 Å². The first-order valence-electron chi connectivity index (χ1n) is 6.34. The van der Waals surface area contributed by atoms with Crippen LogP contribution in [0.5, 0.6) is 11.6 Å². The van der Waals surface area contributed by atoms with Crippen molar-refractivity contribution in [1.82, 2.24) is 9.97 Å². The fourth-order valence-electron chi connectivity index (χ4n) is 1.88. The van der Waals surface area contributed by atoms with Crippen LogP contribution < -0.4 is 10.5 Å². The van der Waals surface area contributed by atoms with Crippen LogP contribution in [0.25, 0.3) is 0 Å². The SMILES string of the molecule is Cc1cc(C)cc(Oc2cc(N)nc(C(C)C)n2)c1. The summed E-state index contributed by atoms with van der Waals surface area (Å²) in [6, 6.07) is 7.69. The number of aromatic nitrogens is 2. The number of nitrogen functional groups attached to an aromatic ring is 1. The van der Waals surface area contributed by atoms with E-state index in [0.717, 1.165) is 16.9 Å². The molecule has 0 spiro atoms. The molecule has 0 aliphatic heterocycles. The second-order valence-corrected chi connectivity index (χ2v) is 5.07. The molecule has 1 aromatic carbocycles. The zero-order chi connectivity index (χ0) is 14.0. The van der Waals surface area contributed by atoms with Gasteiger partial charge in [0.05, 0.1) is 0 Å². The highest BCUT2D eigenvalue weighted by Gasteiger charge is 2.08. The van der Waals surface area contributed by atoms with Gasteiger partial charge in [-0.1, -0.05) is 19.9 Å². The molecule has 0 amide bonds. The molecule has 0 atom stereocenters. The largest absolute Gasteiger partial charge is 0.439 e. The van der Waals surface area contributed by atoms with Crippen molar-refractivity contribution in [2.45, 2.75) is 33.6 Å². The average Bonchev–Trinajstić information content (AvgIpc) is 2.26. The van der Waals surface area contributed by atoms with Gasteiger partial charge in [0.15, 0.2) is 0 Å². The van der Waals surface area contributed by atoms with Gasteiger partial charge in [-0.3, -0.25) is 0 Å². The summed E-state index contributed by atoms with van der Waals surface area (Å²) in [4.78, 5) is 8.57. The topological polar surface area (TPSA) is 61.0 Å². The van der Waals surface area contributed by atoms with E-state index < -0.39 is 0 Å². The number of nitrogens with two attached hydrogens (primary N) is 1. The normalized spacial score (nSPS) is 10.8. The molecule has 2 N–H and O–H groups in total. The van der Waals surface area contributed by atoms with Gasteiger partial charge in [-0.15, -0.1) is 0 Å². The molecular weight excluding hydrogens is 238 g/mol. The van der Waals surface area contributed by atoms with Gasteiger partial charge in [0.1, 0.15) is 17.4 Å². The Hall–Kier alpha value is -2.10. The maximum atomic E-state index is 5.78. The van der Waals surface area contributed by atoms with Gasteiger partial charge in [0.2, 0.25) is 5.88 Å². The van der Waals surface area contributed by atoms with Crippen LogP contribution in [-0.2, 0) is 0 Å². The molecule has 0 saturated heterocycles. The molecule has 2 aromatic rings. The Labute approximate surface area is 113 Å². The first kappa shape index (κ1) is 13.3. The molecule has 1 heterocycles. The zero-order valence-corrected chi connectivity index (χ0v) is 11.8. The molecule has 100 valence electrons. The number of hydrogen-bond acceptors (Lipinski definition) is 4. The van der Waals surface area contributed by atoms with Crippen LogP contribution in [0, 0.1) is 13.8 Å². The molecule has 0 radical (unpaired) electrons. The lowest BCUT2D eigenvalue weighted by Crippen LogP contribution is -2.03. The minimum absolute atomic E-state index is 0.213. The lowest BCUT2D eigenvalue weighted by atomic mass is 10.1. The smallest absolute Gasteiger partial charge is 0.224 e. The van der Waals surface area contributed by atoms with Crippen LogP contribution in [0.3, 0.4) is 0 Å². The summed E-state index contributed by atoms with van der Waals surface area (Å²) in [5.41, 5.74) is 8.09. The molecule has 2 rings (SSSR count). The summed E-state index contributed by atoms with van der Waals surface area (Å²) < 4.78 is 5.78. The van der Waals surface area contributed by atoms with Crippen LogP contribution in [0.1, 0.15) is 36.7 Å². The van der Waals surface area contributed by atoms with Crippen LogP contribution in [-0.4, -0.2) is 9.97 Å². The summed E-state index contributed by atoms with van der Waals surface area (Å²) in [5.74, 6) is 2.59. The summed E-state index contributed by atoms with van der Waals surface area (Å²) >= 11 is 0. The molecule has 4 nitrogen and oxygen atoms in total. The fourth-order valence-corrected chi connectivity index (χ4v) is 1.88. The zero-order valence-electron chi connectivity index (χ0n) is 11.8. The molecule has 4 heteroatoms. The summed E-state index contributed by atoms with van der Waals surface area (Å²) in [5, 5.41) is 0. The molecule has 0 fully saturated rings. The summed E-state index contributed by atoms with van der Waals surface area (Å²) in [6.45, 7) is 8.12. The van der Waals surface area contributed by atoms with Crippen molar-refractivity contribution in [2.75, 3.05) is 5.73 Å². The van der Waals surface area contributed by atoms with Crippen LogP contribution in [0.4, 0.5) is 5.82 Å². The summed E-state index contributed by atoms with van der Waals surface area (Å²) in [7, 11) is 0. The van der Waals surface area contributed by atoms with Crippen molar-refractivity contribution in [2.24, 2.45) is 0 Å². The van der Waals surface area contributed by atoms with Crippen LogP contribution >= 0.6 is 0 Å². The van der Waals surface area contributed by atoms with Gasteiger partial charge in [-0.05, 0) is 37.1 Å². The number of nitrogens with zero attached hydrogens (tertiary/aromatic N) is 2. The highest BCUT2D eigenvalue weighted by molar-refractivity contribution is 5.38. The number of anilines is 1. The Morgan fingerprint density at radius 3 is 2.21 bits per heavy atom. The third-order valence-electron chi connectivity index (χ3n) is 2.67. The van der Waals surface area contributed by atoms with Crippen molar-refractivity contribution >= 4 is 5.82 Å². The molecule has 0 bridgehead atoms. The van der Waals surface area contributed by atoms with Gasteiger partial charge in [-0.25, -0.2) is 4.98 Å². The Morgan fingerprint density at radius 2 is 1.63 bits per heavy atom. The fraction of sp³-hybridized carbons (Fsp3) is 0.333. The van der Waals surface area contributed by atoms with E-state index in [0.29, 0.717) is 17.5 Å². The second kappa shape index (κ2) is 5.26. The molecular formula is C15H19N3O. The highest BCUT2D eigenvalue weighted by atomic mass is 16.5. The minimum atomic E-state index is 0.213. The van der Waals surface area contributed by atoms with E-state index in [1.807, 2.05) is 39.8 Å². The van der Waals surface area contributed by atoms with Gasteiger partial charge in [0.25, 0.3) is 0 Å². The lowest BCUT2D eigenvalue weighted by Gasteiger charge is -2.10. The van der Waals surface area contributed by atoms with Crippen LogP contribution in [0.15, 0.2) is 24.3 Å². The van der Waals surface area contributed by atoms with E-state index in [9.17, 15) is 0 Å². The monoisotopic (exact) mass is 257 g/mol. The van der Waals surface area contributed by atoms with Crippen molar-refractivity contribution in [3.63, 3.8) is 0 Å². The number of hydrogen-bond donors (Lipinski definition) is 1. The first-order valence-corrected chi connectivity index (χ1v) is 6.34. The Balaban J connectivity index is 2.32. The number of ether oxygens (including phenoxy) is 1. The molecule has 0 saturated carbocycles. The van der Waals surface area contributed by atoms with Crippen molar-refractivity contribution in [3.8, 4) is 11.6 Å². The number of rotatable bonds is 3. The van der Waals surface area contributed by atoms with Crippen LogP contribution in [0.2, 0.25) is 0 Å². The highest BCUT2D eigenvalue weighted by Crippen LogP contribution is 2.24.